The topological polar surface area (TPSA) is 9.23 Å². The number of methoxy groups -OCH3 is 1. The normalized spacial score (nSPS) is 19.2. The number of hydrogen-bond acceptors (Lipinski definition) is 1. The summed E-state index contributed by atoms with van der Waals surface area (Å²) in [6.07, 6.45) is 13.5. The van der Waals surface area contributed by atoms with Gasteiger partial charge in [0.05, 0.1) is 0 Å². The third-order valence-electron chi connectivity index (χ3n) is 1.92. The zero-order valence-electron chi connectivity index (χ0n) is 7.21. The molecule has 0 amide bonds. The highest BCUT2D eigenvalue weighted by Gasteiger charge is 2.23. The van der Waals surface area contributed by atoms with Crippen LogP contribution in [0.3, 0.4) is 0 Å². The number of allylic oxidation sites excluding steroid dienone is 3. The van der Waals surface area contributed by atoms with Gasteiger partial charge >= 0.3 is 0 Å². The molecule has 0 aromatic carbocycles. The SMILES string of the molecule is C#CCC1(OC)C=CC(=C)C=C1. The van der Waals surface area contributed by atoms with Gasteiger partial charge in [0.25, 0.3) is 0 Å². The minimum atomic E-state index is -0.407. The first-order valence-electron chi connectivity index (χ1n) is 3.78. The zero-order valence-corrected chi connectivity index (χ0v) is 7.21. The fourth-order valence-electron chi connectivity index (χ4n) is 1.09. The van der Waals surface area contributed by atoms with Gasteiger partial charge < -0.3 is 4.74 Å². The molecular weight excluding hydrogens is 148 g/mol. The lowest BCUT2D eigenvalue weighted by molar-refractivity contribution is 0.0780. The Morgan fingerprint density at radius 1 is 1.58 bits per heavy atom. The van der Waals surface area contributed by atoms with Crippen LogP contribution in [0, 0.1) is 12.3 Å². The summed E-state index contributed by atoms with van der Waals surface area (Å²) in [6.45, 7) is 3.79. The van der Waals surface area contributed by atoms with E-state index in [1.807, 2.05) is 24.3 Å². The van der Waals surface area contributed by atoms with Gasteiger partial charge in [0.2, 0.25) is 0 Å². The Kier molecular flexibility index (Phi) is 2.52. The molecule has 0 bridgehead atoms. The first-order valence-corrected chi connectivity index (χ1v) is 3.78. The van der Waals surface area contributed by atoms with E-state index < -0.39 is 5.60 Å². The van der Waals surface area contributed by atoms with E-state index in [0.29, 0.717) is 6.42 Å². The van der Waals surface area contributed by atoms with E-state index in [0.717, 1.165) is 5.57 Å². The molecule has 0 heterocycles. The van der Waals surface area contributed by atoms with E-state index in [1.165, 1.54) is 0 Å². The van der Waals surface area contributed by atoms with Crippen LogP contribution in [-0.4, -0.2) is 12.7 Å². The van der Waals surface area contributed by atoms with E-state index >= 15 is 0 Å². The van der Waals surface area contributed by atoms with E-state index in [-0.39, 0.29) is 0 Å². The summed E-state index contributed by atoms with van der Waals surface area (Å²) in [7, 11) is 1.65. The third-order valence-corrected chi connectivity index (χ3v) is 1.92. The van der Waals surface area contributed by atoms with Crippen LogP contribution in [0.15, 0.2) is 36.5 Å². The number of terminal acetylenes is 1. The maximum atomic E-state index is 5.31. The first-order chi connectivity index (χ1) is 5.72. The monoisotopic (exact) mass is 160 g/mol. The van der Waals surface area contributed by atoms with Gasteiger partial charge in [-0.1, -0.05) is 18.7 Å². The second-order valence-electron chi connectivity index (χ2n) is 2.78. The summed E-state index contributed by atoms with van der Waals surface area (Å²) < 4.78 is 5.31. The third kappa shape index (κ3) is 1.66. The maximum Gasteiger partial charge on any atom is 0.115 e. The van der Waals surface area contributed by atoms with Crippen molar-refractivity contribution in [2.45, 2.75) is 12.0 Å². The molecule has 1 nitrogen and oxygen atoms in total. The van der Waals surface area contributed by atoms with Crippen molar-refractivity contribution >= 4 is 0 Å². The van der Waals surface area contributed by atoms with Crippen LogP contribution in [0.5, 0.6) is 0 Å². The number of hydrogen-bond donors (Lipinski definition) is 0. The smallest absolute Gasteiger partial charge is 0.115 e. The molecule has 0 aliphatic heterocycles. The molecule has 1 heteroatoms. The Hall–Kier alpha value is -1.26. The fraction of sp³-hybridized carbons (Fsp3) is 0.273. The van der Waals surface area contributed by atoms with Crippen molar-refractivity contribution in [2.75, 3.05) is 7.11 Å². The maximum absolute atomic E-state index is 5.31. The molecule has 0 saturated heterocycles. The molecule has 0 aromatic heterocycles. The number of rotatable bonds is 2. The first kappa shape index (κ1) is 8.83. The molecule has 0 fully saturated rings. The zero-order chi connectivity index (χ0) is 9.03. The van der Waals surface area contributed by atoms with Gasteiger partial charge in [-0.15, -0.1) is 12.3 Å². The summed E-state index contributed by atoms with van der Waals surface area (Å²) in [5.41, 5.74) is 0.565. The van der Waals surface area contributed by atoms with E-state index in [1.54, 1.807) is 7.11 Å². The molecule has 0 atom stereocenters. The van der Waals surface area contributed by atoms with Gasteiger partial charge in [0.1, 0.15) is 5.60 Å². The van der Waals surface area contributed by atoms with E-state index in [9.17, 15) is 0 Å². The van der Waals surface area contributed by atoms with Crippen molar-refractivity contribution in [1.29, 1.82) is 0 Å². The Morgan fingerprint density at radius 2 is 2.17 bits per heavy atom. The van der Waals surface area contributed by atoms with Crippen LogP contribution in [0.4, 0.5) is 0 Å². The minimum absolute atomic E-state index is 0.407. The van der Waals surface area contributed by atoms with Gasteiger partial charge in [-0.3, -0.25) is 0 Å². The number of ether oxygens (including phenoxy) is 1. The lowest BCUT2D eigenvalue weighted by Gasteiger charge is -2.25. The minimum Gasteiger partial charge on any atom is -0.369 e. The Balaban J connectivity index is 2.84. The molecule has 0 unspecified atom stereocenters. The van der Waals surface area contributed by atoms with Gasteiger partial charge in [-0.05, 0) is 17.7 Å². The molecule has 1 aliphatic rings. The van der Waals surface area contributed by atoms with E-state index in [2.05, 4.69) is 12.5 Å². The highest BCUT2D eigenvalue weighted by atomic mass is 16.5. The molecule has 0 saturated carbocycles. The summed E-state index contributed by atoms with van der Waals surface area (Å²) in [6, 6.07) is 0. The van der Waals surface area contributed by atoms with Crippen molar-refractivity contribution < 1.29 is 4.74 Å². The molecule has 62 valence electrons. The van der Waals surface area contributed by atoms with Crippen LogP contribution in [-0.2, 0) is 4.74 Å². The predicted molar refractivity (Wildman–Crippen MR) is 50.6 cm³/mol. The quantitative estimate of drug-likeness (QED) is 0.562. The molecule has 0 radical (unpaired) electrons. The Labute approximate surface area is 73.4 Å². The summed E-state index contributed by atoms with van der Waals surface area (Å²) >= 11 is 0. The molecule has 0 spiro atoms. The van der Waals surface area contributed by atoms with Crippen molar-refractivity contribution in [3.05, 3.63) is 36.5 Å². The average molecular weight is 160 g/mol. The van der Waals surface area contributed by atoms with Crippen LogP contribution in [0.25, 0.3) is 0 Å². The van der Waals surface area contributed by atoms with Crippen molar-refractivity contribution in [3.8, 4) is 12.3 Å². The molecule has 0 N–H and O–H groups in total. The van der Waals surface area contributed by atoms with Gasteiger partial charge in [-0.2, -0.15) is 0 Å². The van der Waals surface area contributed by atoms with Crippen LogP contribution in [0.2, 0.25) is 0 Å². The van der Waals surface area contributed by atoms with Crippen molar-refractivity contribution in [2.24, 2.45) is 0 Å². The van der Waals surface area contributed by atoms with Gasteiger partial charge in [0.15, 0.2) is 0 Å². The predicted octanol–water partition coefficient (Wildman–Crippen LogP) is 2.08. The standard InChI is InChI=1S/C11H12O/c1-4-7-11(12-3)8-5-10(2)6-9-11/h1,5-6,8-9H,2,7H2,3H3. The summed E-state index contributed by atoms with van der Waals surface area (Å²) in [4.78, 5) is 0. The average Bonchev–Trinajstić information content (AvgIpc) is 2.10. The van der Waals surface area contributed by atoms with Crippen LogP contribution >= 0.6 is 0 Å². The molecule has 1 rings (SSSR count). The summed E-state index contributed by atoms with van der Waals surface area (Å²) in [5, 5.41) is 0. The summed E-state index contributed by atoms with van der Waals surface area (Å²) in [5.74, 6) is 2.59. The van der Waals surface area contributed by atoms with Gasteiger partial charge in [0, 0.05) is 13.5 Å². The Morgan fingerprint density at radius 3 is 2.58 bits per heavy atom. The van der Waals surface area contributed by atoms with Gasteiger partial charge in [-0.25, -0.2) is 0 Å². The molecule has 12 heavy (non-hydrogen) atoms. The fourth-order valence-corrected chi connectivity index (χ4v) is 1.09. The second kappa shape index (κ2) is 3.42. The molecule has 0 aromatic rings. The van der Waals surface area contributed by atoms with Crippen LogP contribution in [0.1, 0.15) is 6.42 Å². The lowest BCUT2D eigenvalue weighted by Crippen LogP contribution is -2.26. The highest BCUT2D eigenvalue weighted by molar-refractivity contribution is 5.38. The van der Waals surface area contributed by atoms with Crippen molar-refractivity contribution in [3.63, 3.8) is 0 Å². The largest absolute Gasteiger partial charge is 0.369 e. The highest BCUT2D eigenvalue weighted by Crippen LogP contribution is 2.23. The Bertz CT molecular complexity index is 260. The van der Waals surface area contributed by atoms with E-state index in [4.69, 9.17) is 11.2 Å². The van der Waals surface area contributed by atoms with Crippen LogP contribution < -0.4 is 0 Å². The molecular formula is C11H12O. The lowest BCUT2D eigenvalue weighted by atomic mass is 9.93. The van der Waals surface area contributed by atoms with Crippen molar-refractivity contribution in [1.82, 2.24) is 0 Å². The second-order valence-corrected chi connectivity index (χ2v) is 2.78. The molecule has 1 aliphatic carbocycles.